The second kappa shape index (κ2) is 9.61. The SMILES string of the molecule is CCn1c(COc2ccccc2)nnc1SCC(=O)Nc1cc(Cl)ccc1C. The fourth-order valence-corrected chi connectivity index (χ4v) is 3.55. The zero-order valence-electron chi connectivity index (χ0n) is 15.7. The van der Waals surface area contributed by atoms with Crippen molar-refractivity contribution in [3.63, 3.8) is 0 Å². The van der Waals surface area contributed by atoms with E-state index in [9.17, 15) is 4.79 Å². The number of amides is 1. The van der Waals surface area contributed by atoms with Crippen molar-refractivity contribution in [1.82, 2.24) is 14.8 Å². The Morgan fingerprint density at radius 3 is 2.75 bits per heavy atom. The lowest BCUT2D eigenvalue weighted by Crippen LogP contribution is -2.15. The Balaban J connectivity index is 1.59. The van der Waals surface area contributed by atoms with Crippen LogP contribution in [0.5, 0.6) is 5.75 Å². The summed E-state index contributed by atoms with van der Waals surface area (Å²) in [6.45, 7) is 4.94. The monoisotopic (exact) mass is 416 g/mol. The number of nitrogens with one attached hydrogen (secondary N) is 1. The third-order valence-electron chi connectivity index (χ3n) is 4.03. The Morgan fingerprint density at radius 2 is 2.00 bits per heavy atom. The van der Waals surface area contributed by atoms with E-state index in [1.807, 2.05) is 54.8 Å². The quantitative estimate of drug-likeness (QED) is 0.545. The number of aryl methyl sites for hydroxylation is 1. The molecule has 0 saturated heterocycles. The first-order valence-corrected chi connectivity index (χ1v) is 10.2. The average Bonchev–Trinajstić information content (AvgIpc) is 3.10. The van der Waals surface area contributed by atoms with Gasteiger partial charge in [0.05, 0.1) is 5.75 Å². The van der Waals surface area contributed by atoms with Gasteiger partial charge in [-0.15, -0.1) is 10.2 Å². The maximum absolute atomic E-state index is 12.3. The molecule has 3 rings (SSSR count). The second-order valence-electron chi connectivity index (χ2n) is 6.04. The molecule has 0 spiro atoms. The van der Waals surface area contributed by atoms with Crippen molar-refractivity contribution < 1.29 is 9.53 Å². The van der Waals surface area contributed by atoms with Crippen LogP contribution in [0.4, 0.5) is 5.69 Å². The van der Waals surface area contributed by atoms with Crippen molar-refractivity contribution in [2.24, 2.45) is 0 Å². The molecule has 0 aliphatic rings. The molecule has 0 radical (unpaired) electrons. The van der Waals surface area contributed by atoms with Gasteiger partial charge in [-0.1, -0.05) is 47.6 Å². The van der Waals surface area contributed by atoms with Gasteiger partial charge < -0.3 is 14.6 Å². The van der Waals surface area contributed by atoms with E-state index < -0.39 is 0 Å². The Kier molecular flexibility index (Phi) is 6.95. The van der Waals surface area contributed by atoms with Gasteiger partial charge in [-0.05, 0) is 43.7 Å². The number of aromatic nitrogens is 3. The second-order valence-corrected chi connectivity index (χ2v) is 7.42. The summed E-state index contributed by atoms with van der Waals surface area (Å²) in [5, 5.41) is 12.6. The first-order valence-electron chi connectivity index (χ1n) is 8.85. The zero-order valence-corrected chi connectivity index (χ0v) is 17.3. The van der Waals surface area contributed by atoms with Crippen LogP contribution in [0.15, 0.2) is 53.7 Å². The van der Waals surface area contributed by atoms with Gasteiger partial charge in [0, 0.05) is 17.3 Å². The summed E-state index contributed by atoms with van der Waals surface area (Å²) >= 11 is 7.34. The number of benzene rings is 2. The van der Waals surface area contributed by atoms with E-state index >= 15 is 0 Å². The average molecular weight is 417 g/mol. The van der Waals surface area contributed by atoms with Crippen LogP contribution < -0.4 is 10.1 Å². The van der Waals surface area contributed by atoms with Crippen LogP contribution in [0.3, 0.4) is 0 Å². The third-order valence-corrected chi connectivity index (χ3v) is 5.23. The summed E-state index contributed by atoms with van der Waals surface area (Å²) in [5.41, 5.74) is 1.67. The summed E-state index contributed by atoms with van der Waals surface area (Å²) in [6.07, 6.45) is 0. The van der Waals surface area contributed by atoms with E-state index in [-0.39, 0.29) is 11.7 Å². The van der Waals surface area contributed by atoms with E-state index in [2.05, 4.69) is 15.5 Å². The van der Waals surface area contributed by atoms with Crippen LogP contribution in [0.1, 0.15) is 18.3 Å². The van der Waals surface area contributed by atoms with E-state index in [0.29, 0.717) is 29.0 Å². The largest absolute Gasteiger partial charge is 0.486 e. The molecule has 0 fully saturated rings. The molecule has 0 aliphatic heterocycles. The van der Waals surface area contributed by atoms with Gasteiger partial charge in [0.25, 0.3) is 0 Å². The van der Waals surface area contributed by atoms with Crippen molar-refractivity contribution in [2.45, 2.75) is 32.2 Å². The Labute approximate surface area is 173 Å². The zero-order chi connectivity index (χ0) is 19.9. The number of carbonyl (C=O) groups excluding carboxylic acids is 1. The van der Waals surface area contributed by atoms with Crippen LogP contribution in [-0.2, 0) is 17.9 Å². The molecule has 0 aliphatic carbocycles. The third kappa shape index (κ3) is 5.27. The molecule has 1 N–H and O–H groups in total. The van der Waals surface area contributed by atoms with Crippen LogP contribution in [0, 0.1) is 6.92 Å². The first kappa shape index (κ1) is 20.2. The number of halogens is 1. The molecule has 1 amide bonds. The van der Waals surface area contributed by atoms with E-state index in [1.165, 1.54) is 11.8 Å². The standard InChI is InChI=1S/C20H21ClN4O2S/c1-3-25-18(12-27-16-7-5-4-6-8-16)23-24-20(25)28-13-19(26)22-17-11-15(21)10-9-14(17)2/h4-11H,3,12-13H2,1-2H3,(H,22,26). The van der Waals surface area contributed by atoms with Crippen LogP contribution in [-0.4, -0.2) is 26.4 Å². The molecule has 1 heterocycles. The minimum atomic E-state index is -0.122. The van der Waals surface area contributed by atoms with Crippen molar-refractivity contribution in [3.05, 3.63) is 64.9 Å². The molecule has 28 heavy (non-hydrogen) atoms. The van der Waals surface area contributed by atoms with E-state index in [4.69, 9.17) is 16.3 Å². The van der Waals surface area contributed by atoms with Crippen molar-refractivity contribution in [2.75, 3.05) is 11.1 Å². The molecule has 2 aromatic carbocycles. The summed E-state index contributed by atoms with van der Waals surface area (Å²) < 4.78 is 7.70. The van der Waals surface area contributed by atoms with Gasteiger partial charge in [-0.3, -0.25) is 4.79 Å². The highest BCUT2D eigenvalue weighted by Crippen LogP contribution is 2.22. The van der Waals surface area contributed by atoms with E-state index in [1.54, 1.807) is 12.1 Å². The number of hydrogen-bond acceptors (Lipinski definition) is 5. The van der Waals surface area contributed by atoms with Gasteiger partial charge in [0.2, 0.25) is 5.91 Å². The topological polar surface area (TPSA) is 69.0 Å². The van der Waals surface area contributed by atoms with Gasteiger partial charge >= 0.3 is 0 Å². The Hall–Kier alpha value is -2.51. The molecule has 8 heteroatoms. The summed E-state index contributed by atoms with van der Waals surface area (Å²) in [6, 6.07) is 15.0. The number of nitrogens with zero attached hydrogens (tertiary/aromatic N) is 3. The lowest BCUT2D eigenvalue weighted by molar-refractivity contribution is -0.113. The smallest absolute Gasteiger partial charge is 0.234 e. The molecule has 0 unspecified atom stereocenters. The van der Waals surface area contributed by atoms with Crippen molar-refractivity contribution in [1.29, 1.82) is 0 Å². The maximum atomic E-state index is 12.3. The van der Waals surface area contributed by atoms with Gasteiger partial charge in [0.15, 0.2) is 11.0 Å². The molecular formula is C20H21ClN4O2S. The number of carbonyl (C=O) groups is 1. The molecule has 0 bridgehead atoms. The summed E-state index contributed by atoms with van der Waals surface area (Å²) in [5.74, 6) is 1.60. The number of ether oxygens (including phenoxy) is 1. The van der Waals surface area contributed by atoms with Crippen LogP contribution >= 0.6 is 23.4 Å². The van der Waals surface area contributed by atoms with Crippen LogP contribution in [0.2, 0.25) is 5.02 Å². The molecule has 0 atom stereocenters. The molecule has 0 saturated carbocycles. The maximum Gasteiger partial charge on any atom is 0.234 e. The van der Waals surface area contributed by atoms with E-state index in [0.717, 1.165) is 17.1 Å². The number of anilines is 1. The number of para-hydroxylation sites is 1. The lowest BCUT2D eigenvalue weighted by atomic mass is 10.2. The molecular weight excluding hydrogens is 396 g/mol. The normalized spacial score (nSPS) is 10.7. The highest BCUT2D eigenvalue weighted by Gasteiger charge is 2.14. The fraction of sp³-hybridized carbons (Fsp3) is 0.250. The predicted molar refractivity (Wildman–Crippen MR) is 112 cm³/mol. The van der Waals surface area contributed by atoms with Gasteiger partial charge in [-0.2, -0.15) is 0 Å². The highest BCUT2D eigenvalue weighted by molar-refractivity contribution is 7.99. The number of hydrogen-bond donors (Lipinski definition) is 1. The van der Waals surface area contributed by atoms with Crippen molar-refractivity contribution >= 4 is 35.0 Å². The fourth-order valence-electron chi connectivity index (χ4n) is 2.56. The van der Waals surface area contributed by atoms with Crippen molar-refractivity contribution in [3.8, 4) is 5.75 Å². The Bertz CT molecular complexity index is 947. The molecule has 1 aromatic heterocycles. The molecule has 6 nitrogen and oxygen atoms in total. The lowest BCUT2D eigenvalue weighted by Gasteiger charge is -2.10. The summed E-state index contributed by atoms with van der Waals surface area (Å²) in [4.78, 5) is 12.3. The summed E-state index contributed by atoms with van der Waals surface area (Å²) in [7, 11) is 0. The molecule has 3 aromatic rings. The van der Waals surface area contributed by atoms with Gasteiger partial charge in [0.1, 0.15) is 12.4 Å². The van der Waals surface area contributed by atoms with Gasteiger partial charge in [-0.25, -0.2) is 0 Å². The first-order chi connectivity index (χ1) is 13.6. The number of rotatable bonds is 8. The molecule has 146 valence electrons. The minimum Gasteiger partial charge on any atom is -0.486 e. The Morgan fingerprint density at radius 1 is 1.21 bits per heavy atom. The predicted octanol–water partition coefficient (Wildman–Crippen LogP) is 4.57. The number of thioether (sulfide) groups is 1. The minimum absolute atomic E-state index is 0.122. The highest BCUT2D eigenvalue weighted by atomic mass is 35.5. The van der Waals surface area contributed by atoms with Crippen LogP contribution in [0.25, 0.3) is 0 Å².